The van der Waals surface area contributed by atoms with Crippen LogP contribution in [0.4, 0.5) is 5.69 Å². The third-order valence-corrected chi connectivity index (χ3v) is 3.11. The van der Waals surface area contributed by atoms with Crippen LogP contribution in [-0.4, -0.2) is 19.2 Å². The zero-order valence-electron chi connectivity index (χ0n) is 11.4. The molecular formula is C16H16ClNO3. The molecule has 110 valence electrons. The van der Waals surface area contributed by atoms with Crippen LogP contribution in [0.25, 0.3) is 0 Å². The first-order valence-corrected chi connectivity index (χ1v) is 6.94. The Morgan fingerprint density at radius 1 is 1.10 bits per heavy atom. The molecule has 5 heteroatoms. The van der Waals surface area contributed by atoms with E-state index in [1.807, 2.05) is 30.3 Å². The van der Waals surface area contributed by atoms with Gasteiger partial charge in [0.1, 0.15) is 5.75 Å². The molecule has 0 aliphatic heterocycles. The van der Waals surface area contributed by atoms with E-state index in [1.54, 1.807) is 12.1 Å². The van der Waals surface area contributed by atoms with Gasteiger partial charge in [-0.15, -0.1) is 0 Å². The highest BCUT2D eigenvalue weighted by molar-refractivity contribution is 6.33. The Balaban J connectivity index is 1.71. The predicted molar refractivity (Wildman–Crippen MR) is 82.7 cm³/mol. The number of ether oxygens (including phenoxy) is 2. The Bertz CT molecular complexity index is 602. The van der Waals surface area contributed by atoms with Crippen molar-refractivity contribution in [2.24, 2.45) is 0 Å². The molecule has 0 aliphatic rings. The molecule has 2 N–H and O–H groups in total. The van der Waals surface area contributed by atoms with Gasteiger partial charge in [-0.2, -0.15) is 0 Å². The molecular weight excluding hydrogens is 290 g/mol. The van der Waals surface area contributed by atoms with Gasteiger partial charge in [-0.1, -0.05) is 29.8 Å². The van der Waals surface area contributed by atoms with E-state index in [4.69, 9.17) is 26.8 Å². The lowest BCUT2D eigenvalue weighted by Gasteiger charge is -2.07. The van der Waals surface area contributed by atoms with E-state index in [9.17, 15) is 4.79 Å². The molecule has 2 rings (SSSR count). The number of anilines is 1. The van der Waals surface area contributed by atoms with E-state index < -0.39 is 5.97 Å². The molecule has 0 fully saturated rings. The zero-order valence-corrected chi connectivity index (χ0v) is 12.2. The fourth-order valence-electron chi connectivity index (χ4n) is 1.68. The lowest BCUT2D eigenvalue weighted by molar-refractivity contribution is 0.0486. The predicted octanol–water partition coefficient (Wildman–Crippen LogP) is 3.55. The van der Waals surface area contributed by atoms with Crippen LogP contribution in [0, 0.1) is 0 Å². The highest BCUT2D eigenvalue weighted by Crippen LogP contribution is 2.19. The van der Waals surface area contributed by atoms with Gasteiger partial charge in [-0.3, -0.25) is 0 Å². The summed E-state index contributed by atoms with van der Waals surface area (Å²) >= 11 is 5.80. The van der Waals surface area contributed by atoms with Gasteiger partial charge in [0.15, 0.2) is 0 Å². The normalized spacial score (nSPS) is 10.1. The fourth-order valence-corrected chi connectivity index (χ4v) is 1.80. The van der Waals surface area contributed by atoms with Crippen molar-refractivity contribution < 1.29 is 14.3 Å². The molecule has 0 saturated carbocycles. The number of halogens is 1. The first kappa shape index (κ1) is 15.2. The second-order valence-corrected chi connectivity index (χ2v) is 4.79. The minimum Gasteiger partial charge on any atom is -0.493 e. The second kappa shape index (κ2) is 7.55. The molecule has 0 atom stereocenters. The Morgan fingerprint density at radius 2 is 1.86 bits per heavy atom. The van der Waals surface area contributed by atoms with Crippen molar-refractivity contribution in [1.29, 1.82) is 0 Å². The van der Waals surface area contributed by atoms with Gasteiger partial charge in [0.25, 0.3) is 0 Å². The van der Waals surface area contributed by atoms with Crippen molar-refractivity contribution in [1.82, 2.24) is 0 Å². The van der Waals surface area contributed by atoms with Crippen LogP contribution >= 0.6 is 11.6 Å². The first-order chi connectivity index (χ1) is 10.2. The average Bonchev–Trinajstić information content (AvgIpc) is 2.50. The van der Waals surface area contributed by atoms with Crippen molar-refractivity contribution in [2.75, 3.05) is 18.9 Å². The molecule has 0 amide bonds. The Kier molecular flexibility index (Phi) is 5.46. The summed E-state index contributed by atoms with van der Waals surface area (Å²) in [5.74, 6) is 0.382. The molecule has 0 heterocycles. The van der Waals surface area contributed by atoms with Crippen LogP contribution in [0.2, 0.25) is 5.02 Å². The van der Waals surface area contributed by atoms with Gasteiger partial charge in [-0.05, 0) is 30.3 Å². The minimum absolute atomic E-state index is 0.286. The number of rotatable bonds is 6. The molecule has 0 spiro atoms. The van der Waals surface area contributed by atoms with Crippen molar-refractivity contribution in [3.63, 3.8) is 0 Å². The number of para-hydroxylation sites is 1. The molecule has 0 saturated heterocycles. The van der Waals surface area contributed by atoms with E-state index >= 15 is 0 Å². The van der Waals surface area contributed by atoms with Crippen molar-refractivity contribution >= 4 is 23.3 Å². The largest absolute Gasteiger partial charge is 0.493 e. The number of hydrogen-bond donors (Lipinski definition) is 1. The van der Waals surface area contributed by atoms with Crippen LogP contribution in [-0.2, 0) is 4.74 Å². The van der Waals surface area contributed by atoms with E-state index in [1.165, 1.54) is 6.07 Å². The molecule has 21 heavy (non-hydrogen) atoms. The number of carbonyl (C=O) groups is 1. The van der Waals surface area contributed by atoms with E-state index in [2.05, 4.69) is 0 Å². The monoisotopic (exact) mass is 305 g/mol. The molecule has 2 aromatic carbocycles. The quantitative estimate of drug-likeness (QED) is 0.503. The number of esters is 1. The smallest absolute Gasteiger partial charge is 0.338 e. The maximum absolute atomic E-state index is 11.8. The molecule has 0 aromatic heterocycles. The summed E-state index contributed by atoms with van der Waals surface area (Å²) in [4.78, 5) is 11.8. The average molecular weight is 306 g/mol. The second-order valence-electron chi connectivity index (χ2n) is 4.39. The summed E-state index contributed by atoms with van der Waals surface area (Å²) in [6.07, 6.45) is 0.615. The lowest BCUT2D eigenvalue weighted by atomic mass is 10.2. The Labute approximate surface area is 128 Å². The van der Waals surface area contributed by atoms with Gasteiger partial charge in [0.2, 0.25) is 0 Å². The van der Waals surface area contributed by atoms with Gasteiger partial charge in [-0.25, -0.2) is 4.79 Å². The number of nitrogens with two attached hydrogens (primary N) is 1. The molecule has 0 bridgehead atoms. The molecule has 4 nitrogen and oxygen atoms in total. The highest BCUT2D eigenvalue weighted by atomic mass is 35.5. The maximum Gasteiger partial charge on any atom is 0.338 e. The third kappa shape index (κ3) is 4.68. The summed E-state index contributed by atoms with van der Waals surface area (Å²) in [6, 6.07) is 14.1. The van der Waals surface area contributed by atoms with Gasteiger partial charge < -0.3 is 15.2 Å². The summed E-state index contributed by atoms with van der Waals surface area (Å²) < 4.78 is 10.6. The summed E-state index contributed by atoms with van der Waals surface area (Å²) in [7, 11) is 0. The van der Waals surface area contributed by atoms with Crippen LogP contribution in [0.5, 0.6) is 5.75 Å². The molecule has 0 aliphatic carbocycles. The van der Waals surface area contributed by atoms with E-state index in [0.717, 1.165) is 5.75 Å². The van der Waals surface area contributed by atoms with E-state index in [-0.39, 0.29) is 6.61 Å². The summed E-state index contributed by atoms with van der Waals surface area (Å²) in [5.41, 5.74) is 6.39. The summed E-state index contributed by atoms with van der Waals surface area (Å²) in [5, 5.41) is 0.419. The highest BCUT2D eigenvalue weighted by Gasteiger charge is 2.08. The lowest BCUT2D eigenvalue weighted by Crippen LogP contribution is -2.09. The van der Waals surface area contributed by atoms with E-state index in [0.29, 0.717) is 29.3 Å². The number of benzene rings is 2. The maximum atomic E-state index is 11.8. The minimum atomic E-state index is -0.418. The Morgan fingerprint density at radius 3 is 2.57 bits per heavy atom. The zero-order chi connectivity index (χ0) is 15.1. The van der Waals surface area contributed by atoms with Crippen LogP contribution in [0.15, 0.2) is 48.5 Å². The van der Waals surface area contributed by atoms with Crippen molar-refractivity contribution in [3.8, 4) is 5.75 Å². The van der Waals surface area contributed by atoms with Crippen LogP contribution in [0.3, 0.4) is 0 Å². The molecule has 0 radical (unpaired) electrons. The van der Waals surface area contributed by atoms with Gasteiger partial charge in [0, 0.05) is 6.42 Å². The van der Waals surface area contributed by atoms with Crippen LogP contribution < -0.4 is 10.5 Å². The van der Waals surface area contributed by atoms with Crippen LogP contribution in [0.1, 0.15) is 16.8 Å². The standard InChI is InChI=1S/C16H16ClNO3/c17-14-8-7-12(11-15(14)18)16(19)21-10-4-9-20-13-5-2-1-3-6-13/h1-3,5-8,11H,4,9-10,18H2. The number of nitrogen functional groups attached to an aromatic ring is 1. The third-order valence-electron chi connectivity index (χ3n) is 2.77. The Hall–Kier alpha value is -2.20. The van der Waals surface area contributed by atoms with Crippen molar-refractivity contribution in [2.45, 2.75) is 6.42 Å². The van der Waals surface area contributed by atoms with Crippen molar-refractivity contribution in [3.05, 3.63) is 59.1 Å². The summed E-state index contributed by atoms with van der Waals surface area (Å²) in [6.45, 7) is 0.772. The topological polar surface area (TPSA) is 61.6 Å². The number of carbonyl (C=O) groups excluding carboxylic acids is 1. The SMILES string of the molecule is Nc1cc(C(=O)OCCCOc2ccccc2)ccc1Cl. The number of hydrogen-bond acceptors (Lipinski definition) is 4. The van der Waals surface area contributed by atoms with Gasteiger partial charge in [0.05, 0.1) is 29.5 Å². The fraction of sp³-hybridized carbons (Fsp3) is 0.188. The van der Waals surface area contributed by atoms with Gasteiger partial charge >= 0.3 is 5.97 Å². The molecule has 0 unspecified atom stereocenters. The molecule has 2 aromatic rings. The first-order valence-electron chi connectivity index (χ1n) is 6.57.